The van der Waals surface area contributed by atoms with Crippen LogP contribution in [0.25, 0.3) is 0 Å². The fourth-order valence-corrected chi connectivity index (χ4v) is 9.61. The maximum absolute atomic E-state index is 16.4. The number of amides is 1. The largest absolute Gasteiger partial charge is 0.379 e. The van der Waals surface area contributed by atoms with Crippen LogP contribution in [0.2, 0.25) is 0 Å². The predicted molar refractivity (Wildman–Crippen MR) is 171 cm³/mol. The van der Waals surface area contributed by atoms with E-state index in [0.29, 0.717) is 24.9 Å². The van der Waals surface area contributed by atoms with Crippen molar-refractivity contribution in [2.24, 2.45) is 23.5 Å². The van der Waals surface area contributed by atoms with Crippen LogP contribution in [-0.2, 0) is 23.8 Å². The number of rotatable bonds is 10. The van der Waals surface area contributed by atoms with E-state index in [1.165, 1.54) is 25.7 Å². The zero-order chi connectivity index (χ0) is 31.6. The summed E-state index contributed by atoms with van der Waals surface area (Å²) < 4.78 is 34.2. The van der Waals surface area contributed by atoms with Crippen LogP contribution >= 0.6 is 0 Å². The zero-order valence-electron chi connectivity index (χ0n) is 27.3. The number of ketones is 1. The molecule has 7 rings (SSSR count). The van der Waals surface area contributed by atoms with Crippen molar-refractivity contribution in [1.29, 1.82) is 0 Å². The van der Waals surface area contributed by atoms with E-state index < -0.39 is 30.3 Å². The standard InChI is InChI=1S/C34H55FN6O5/c35-28-29(36)27-31-33(30(28)37-7-3-9-39-11-15-44-16-12-39)46-26-20-23-6-2-1-5-22(23)19-25(26)41(31)21-24(32(27)42)34(43)38-8-4-10-40-13-17-45-18-14-40/h21-23,25-31,33,37H,1-20,36H2,(H,38,43). The van der Waals surface area contributed by atoms with Crippen molar-refractivity contribution in [2.45, 2.75) is 93.9 Å². The number of alkyl halides is 1. The summed E-state index contributed by atoms with van der Waals surface area (Å²) in [6.45, 7) is 9.55. The summed E-state index contributed by atoms with van der Waals surface area (Å²) >= 11 is 0. The second-order valence-electron chi connectivity index (χ2n) is 14.7. The number of carbonyl (C=O) groups excluding carboxylic acids is 2. The first-order chi connectivity index (χ1) is 22.5. The first-order valence-corrected chi connectivity index (χ1v) is 18.2. The Kier molecular flexibility index (Phi) is 10.6. The molecule has 3 saturated carbocycles. The number of ether oxygens (including phenoxy) is 3. The molecule has 10 atom stereocenters. The molecule has 12 heteroatoms. The van der Waals surface area contributed by atoms with Crippen LogP contribution in [0.15, 0.2) is 11.8 Å². The van der Waals surface area contributed by atoms with Crippen molar-refractivity contribution in [2.75, 3.05) is 78.8 Å². The summed E-state index contributed by atoms with van der Waals surface area (Å²) in [6.07, 6.45) is 8.36. The van der Waals surface area contributed by atoms with Gasteiger partial charge in [-0.05, 0) is 57.2 Å². The van der Waals surface area contributed by atoms with Gasteiger partial charge in [0.15, 0.2) is 5.78 Å². The molecule has 0 aromatic carbocycles. The molecule has 4 heterocycles. The zero-order valence-corrected chi connectivity index (χ0v) is 27.3. The van der Waals surface area contributed by atoms with Crippen LogP contribution in [0.4, 0.5) is 4.39 Å². The highest BCUT2D eigenvalue weighted by Crippen LogP contribution is 2.50. The fraction of sp³-hybridized carbons (Fsp3) is 0.882. The number of nitrogens with one attached hydrogen (secondary N) is 2. The first-order valence-electron chi connectivity index (χ1n) is 18.2. The van der Waals surface area contributed by atoms with Gasteiger partial charge in [-0.3, -0.25) is 19.4 Å². The molecule has 11 nitrogen and oxygen atoms in total. The Morgan fingerprint density at radius 3 is 2.24 bits per heavy atom. The summed E-state index contributed by atoms with van der Waals surface area (Å²) in [5.41, 5.74) is 6.79. The number of carbonyl (C=O) groups is 2. The van der Waals surface area contributed by atoms with E-state index in [4.69, 9.17) is 19.9 Å². The monoisotopic (exact) mass is 646 g/mol. The summed E-state index contributed by atoms with van der Waals surface area (Å²) in [5, 5.41) is 6.51. The van der Waals surface area contributed by atoms with Crippen molar-refractivity contribution in [3.8, 4) is 0 Å². The van der Waals surface area contributed by atoms with Gasteiger partial charge in [-0.25, -0.2) is 4.39 Å². The third kappa shape index (κ3) is 6.77. The van der Waals surface area contributed by atoms with Crippen molar-refractivity contribution >= 4 is 11.7 Å². The molecule has 4 aliphatic heterocycles. The van der Waals surface area contributed by atoms with Gasteiger partial charge in [0.05, 0.1) is 68.3 Å². The molecule has 6 fully saturated rings. The van der Waals surface area contributed by atoms with Crippen molar-refractivity contribution in [3.63, 3.8) is 0 Å². The smallest absolute Gasteiger partial charge is 0.256 e. The lowest BCUT2D eigenvalue weighted by Crippen LogP contribution is -2.77. The van der Waals surface area contributed by atoms with Crippen LogP contribution in [-0.4, -0.2) is 148 Å². The Hall–Kier alpha value is -1.67. The summed E-state index contributed by atoms with van der Waals surface area (Å²) in [5.74, 6) is -0.291. The second kappa shape index (κ2) is 14.8. The van der Waals surface area contributed by atoms with Crippen LogP contribution in [0.1, 0.15) is 51.4 Å². The van der Waals surface area contributed by atoms with E-state index in [1.807, 2.05) is 6.20 Å². The van der Waals surface area contributed by atoms with Crippen LogP contribution in [0.5, 0.6) is 0 Å². The highest BCUT2D eigenvalue weighted by atomic mass is 19.1. The number of hydrogen-bond donors (Lipinski definition) is 3. The van der Waals surface area contributed by atoms with Crippen LogP contribution in [0, 0.1) is 17.8 Å². The molecule has 3 saturated heterocycles. The summed E-state index contributed by atoms with van der Waals surface area (Å²) in [7, 11) is 0. The average Bonchev–Trinajstić information content (AvgIpc) is 3.08. The fourth-order valence-electron chi connectivity index (χ4n) is 9.61. The molecule has 46 heavy (non-hydrogen) atoms. The molecular weight excluding hydrogens is 591 g/mol. The summed E-state index contributed by atoms with van der Waals surface area (Å²) in [6, 6.07) is -1.95. The SMILES string of the molecule is NC1C(F)C(NCCCN2CCOCC2)C2OC3CC4CCCCC4CC3N3C=C(C(=O)NCCCN4CCOCC4)C(=O)C1C23. The van der Waals surface area contributed by atoms with E-state index in [2.05, 4.69) is 25.3 Å². The van der Waals surface area contributed by atoms with E-state index in [0.717, 1.165) is 91.4 Å². The molecule has 0 aromatic heterocycles. The van der Waals surface area contributed by atoms with E-state index in [-0.39, 0.29) is 35.5 Å². The van der Waals surface area contributed by atoms with Crippen molar-refractivity contribution < 1.29 is 28.2 Å². The predicted octanol–water partition coefficient (Wildman–Crippen LogP) is 0.674. The number of halogens is 1. The quantitative estimate of drug-likeness (QED) is 0.231. The van der Waals surface area contributed by atoms with Crippen LogP contribution in [0.3, 0.4) is 0 Å². The minimum Gasteiger partial charge on any atom is -0.379 e. The second-order valence-corrected chi connectivity index (χ2v) is 14.7. The number of morpholine rings is 3. The van der Waals surface area contributed by atoms with Gasteiger partial charge in [0, 0.05) is 45.0 Å². The van der Waals surface area contributed by atoms with Gasteiger partial charge in [-0.2, -0.15) is 0 Å². The lowest BCUT2D eigenvalue weighted by Gasteiger charge is -2.62. The highest BCUT2D eigenvalue weighted by molar-refractivity contribution is 6.20. The number of fused-ring (bicyclic) bond motifs is 3. The van der Waals surface area contributed by atoms with Gasteiger partial charge in [-0.15, -0.1) is 0 Å². The van der Waals surface area contributed by atoms with Gasteiger partial charge in [-0.1, -0.05) is 25.7 Å². The maximum atomic E-state index is 16.4. The molecule has 7 aliphatic rings. The molecule has 0 bridgehead atoms. The van der Waals surface area contributed by atoms with Gasteiger partial charge >= 0.3 is 0 Å². The van der Waals surface area contributed by atoms with Crippen molar-refractivity contribution in [1.82, 2.24) is 25.3 Å². The Labute approximate surface area is 273 Å². The van der Waals surface area contributed by atoms with Crippen molar-refractivity contribution in [3.05, 3.63) is 11.8 Å². The minimum atomic E-state index is -1.46. The van der Waals surface area contributed by atoms with Gasteiger partial charge in [0.2, 0.25) is 0 Å². The average molecular weight is 647 g/mol. The number of Topliss-reactive ketones (excluding diaryl/α,β-unsaturated/α-hetero) is 1. The molecule has 3 aliphatic carbocycles. The topological polar surface area (TPSA) is 122 Å². The molecule has 10 unspecified atom stereocenters. The van der Waals surface area contributed by atoms with Gasteiger partial charge in [0.1, 0.15) is 6.17 Å². The Morgan fingerprint density at radius 2 is 1.57 bits per heavy atom. The van der Waals surface area contributed by atoms with E-state index in [1.54, 1.807) is 0 Å². The molecular formula is C34H55FN6O5. The van der Waals surface area contributed by atoms with Gasteiger partial charge < -0.3 is 35.5 Å². The lowest BCUT2D eigenvalue weighted by atomic mass is 9.64. The lowest BCUT2D eigenvalue weighted by molar-refractivity contribution is -0.211. The van der Waals surface area contributed by atoms with E-state index in [9.17, 15) is 9.59 Å². The maximum Gasteiger partial charge on any atom is 0.256 e. The third-order valence-corrected chi connectivity index (χ3v) is 12.1. The molecule has 1 amide bonds. The third-order valence-electron chi connectivity index (χ3n) is 12.1. The molecule has 4 N–H and O–H groups in total. The Balaban J connectivity index is 1.08. The van der Waals surface area contributed by atoms with Gasteiger partial charge in [0.25, 0.3) is 5.91 Å². The highest BCUT2D eigenvalue weighted by Gasteiger charge is 2.62. The van der Waals surface area contributed by atoms with E-state index >= 15 is 4.39 Å². The minimum absolute atomic E-state index is 0.0530. The number of nitrogens with two attached hydrogens (primary N) is 1. The molecule has 0 aromatic rings. The molecule has 0 radical (unpaired) electrons. The Bertz CT molecular complexity index is 1100. The number of hydrogen-bond acceptors (Lipinski definition) is 10. The molecule has 0 spiro atoms. The summed E-state index contributed by atoms with van der Waals surface area (Å²) in [4.78, 5) is 34.6. The Morgan fingerprint density at radius 1 is 0.935 bits per heavy atom. The number of nitrogens with zero attached hydrogens (tertiary/aromatic N) is 3. The first kappa shape index (κ1) is 32.9. The van der Waals surface area contributed by atoms with Crippen LogP contribution < -0.4 is 16.4 Å². The molecule has 258 valence electrons. The normalized spacial score (nSPS) is 40.0.